The summed E-state index contributed by atoms with van der Waals surface area (Å²) >= 11 is 6.26. The van der Waals surface area contributed by atoms with E-state index in [-0.39, 0.29) is 5.02 Å². The number of benzene rings is 2. The van der Waals surface area contributed by atoms with Crippen LogP contribution in [-0.2, 0) is 0 Å². The fourth-order valence-corrected chi connectivity index (χ4v) is 3.19. The third-order valence-electron chi connectivity index (χ3n) is 4.01. The van der Waals surface area contributed by atoms with Crippen LogP contribution in [0.3, 0.4) is 0 Å². The highest BCUT2D eigenvalue weighted by molar-refractivity contribution is 6.37. The van der Waals surface area contributed by atoms with Crippen LogP contribution in [0, 0.1) is 11.2 Å². The molecule has 3 aromatic rings. The van der Waals surface area contributed by atoms with Crippen molar-refractivity contribution in [3.05, 3.63) is 76.8 Å². The van der Waals surface area contributed by atoms with E-state index in [1.54, 1.807) is 32.4 Å². The summed E-state index contributed by atoms with van der Waals surface area (Å²) < 4.78 is 13.4. The normalized spacial score (nSPS) is 12.0. The topological polar surface area (TPSA) is 48.8 Å². The zero-order valence-corrected chi connectivity index (χ0v) is 14.7. The molecule has 3 rings (SSSR count). The van der Waals surface area contributed by atoms with Crippen molar-refractivity contribution in [2.24, 2.45) is 0 Å². The standard InChI is InChI=1S/C20H17ClFN3/c1-12(23)19(16-8-7-14(22)9-18(16)21)20(24-2)17-11-25-10-13-5-3-4-6-15(13)17/h3-11,23-24H,1-2H3/b20-19+,23-12?. The maximum absolute atomic E-state index is 13.4. The molecule has 25 heavy (non-hydrogen) atoms. The Labute approximate surface area is 150 Å². The molecule has 1 aromatic heterocycles. The number of pyridine rings is 1. The third kappa shape index (κ3) is 3.26. The van der Waals surface area contributed by atoms with E-state index < -0.39 is 5.82 Å². The minimum atomic E-state index is -0.409. The van der Waals surface area contributed by atoms with Gasteiger partial charge in [0.15, 0.2) is 0 Å². The SMILES string of the molecule is CN/C(=C(\C(C)=N)c1ccc(F)cc1Cl)c1cncc2ccccc12. The van der Waals surface area contributed by atoms with Crippen LogP contribution in [-0.4, -0.2) is 17.7 Å². The highest BCUT2D eigenvalue weighted by Crippen LogP contribution is 2.33. The quantitative estimate of drug-likeness (QED) is 0.637. The predicted molar refractivity (Wildman–Crippen MR) is 102 cm³/mol. The number of fused-ring (bicyclic) bond motifs is 1. The average molecular weight is 354 g/mol. The van der Waals surface area contributed by atoms with Crippen molar-refractivity contribution in [1.29, 1.82) is 5.41 Å². The second-order valence-corrected chi connectivity index (χ2v) is 6.06. The first kappa shape index (κ1) is 17.1. The summed E-state index contributed by atoms with van der Waals surface area (Å²) in [4.78, 5) is 4.32. The van der Waals surface area contributed by atoms with Crippen LogP contribution in [0.4, 0.5) is 4.39 Å². The molecule has 2 N–H and O–H groups in total. The van der Waals surface area contributed by atoms with Crippen molar-refractivity contribution in [2.45, 2.75) is 6.92 Å². The van der Waals surface area contributed by atoms with Crippen LogP contribution in [0.1, 0.15) is 18.1 Å². The Balaban J connectivity index is 2.36. The Kier molecular flexibility index (Phi) is 4.81. The lowest BCUT2D eigenvalue weighted by molar-refractivity contribution is 0.628. The molecule has 0 saturated heterocycles. The van der Waals surface area contributed by atoms with E-state index in [4.69, 9.17) is 17.0 Å². The van der Waals surface area contributed by atoms with E-state index in [9.17, 15) is 4.39 Å². The summed E-state index contributed by atoms with van der Waals surface area (Å²) in [6, 6.07) is 12.1. The van der Waals surface area contributed by atoms with Gasteiger partial charge in [-0.2, -0.15) is 0 Å². The lowest BCUT2D eigenvalue weighted by atomic mass is 9.94. The van der Waals surface area contributed by atoms with Crippen LogP contribution in [0.15, 0.2) is 54.9 Å². The largest absolute Gasteiger partial charge is 0.387 e. The van der Waals surface area contributed by atoms with Crippen molar-refractivity contribution in [2.75, 3.05) is 7.05 Å². The molecule has 5 heteroatoms. The summed E-state index contributed by atoms with van der Waals surface area (Å²) in [5.41, 5.74) is 3.14. The fraction of sp³-hybridized carbons (Fsp3) is 0.100. The molecule has 2 aromatic carbocycles. The molecule has 0 bridgehead atoms. The van der Waals surface area contributed by atoms with E-state index in [2.05, 4.69) is 10.3 Å². The summed E-state index contributed by atoms with van der Waals surface area (Å²) in [5.74, 6) is -0.409. The van der Waals surface area contributed by atoms with Gasteiger partial charge in [-0.15, -0.1) is 0 Å². The van der Waals surface area contributed by atoms with Crippen LogP contribution in [0.25, 0.3) is 22.0 Å². The molecule has 0 aliphatic carbocycles. The number of nitrogens with zero attached hydrogens (tertiary/aromatic N) is 1. The van der Waals surface area contributed by atoms with Gasteiger partial charge in [-0.3, -0.25) is 4.98 Å². The Bertz CT molecular complexity index is 990. The molecule has 0 saturated carbocycles. The van der Waals surface area contributed by atoms with Crippen molar-refractivity contribution in [1.82, 2.24) is 10.3 Å². The highest BCUT2D eigenvalue weighted by Gasteiger charge is 2.18. The smallest absolute Gasteiger partial charge is 0.124 e. The zero-order valence-electron chi connectivity index (χ0n) is 13.9. The number of hydrogen-bond acceptors (Lipinski definition) is 3. The van der Waals surface area contributed by atoms with Gasteiger partial charge in [-0.05, 0) is 30.5 Å². The minimum absolute atomic E-state index is 0.266. The molecule has 0 radical (unpaired) electrons. The van der Waals surface area contributed by atoms with Crippen molar-refractivity contribution < 1.29 is 4.39 Å². The summed E-state index contributed by atoms with van der Waals surface area (Å²) in [6.07, 6.45) is 3.56. The van der Waals surface area contributed by atoms with Gasteiger partial charge < -0.3 is 10.7 Å². The van der Waals surface area contributed by atoms with E-state index in [1.807, 2.05) is 24.3 Å². The van der Waals surface area contributed by atoms with Crippen molar-refractivity contribution >= 4 is 39.4 Å². The van der Waals surface area contributed by atoms with Crippen LogP contribution in [0.2, 0.25) is 5.02 Å². The molecule has 1 heterocycles. The first-order valence-corrected chi connectivity index (χ1v) is 8.17. The van der Waals surface area contributed by atoms with Gasteiger partial charge in [0.2, 0.25) is 0 Å². The second-order valence-electron chi connectivity index (χ2n) is 5.66. The van der Waals surface area contributed by atoms with Gasteiger partial charge in [-0.1, -0.05) is 35.9 Å². The summed E-state index contributed by atoms with van der Waals surface area (Å²) in [6.45, 7) is 1.69. The Morgan fingerprint density at radius 3 is 2.56 bits per heavy atom. The van der Waals surface area contributed by atoms with Gasteiger partial charge in [-0.25, -0.2) is 4.39 Å². The van der Waals surface area contributed by atoms with Gasteiger partial charge in [0.05, 0.1) is 10.7 Å². The number of allylic oxidation sites excluding steroid dienone is 1. The number of rotatable bonds is 4. The Morgan fingerprint density at radius 2 is 1.88 bits per heavy atom. The van der Waals surface area contributed by atoms with Gasteiger partial charge >= 0.3 is 0 Å². The third-order valence-corrected chi connectivity index (χ3v) is 4.33. The Morgan fingerprint density at radius 1 is 1.12 bits per heavy atom. The molecule has 0 aliphatic heterocycles. The Hall–Kier alpha value is -2.72. The van der Waals surface area contributed by atoms with E-state index in [1.165, 1.54) is 12.1 Å². The second kappa shape index (κ2) is 7.03. The summed E-state index contributed by atoms with van der Waals surface area (Å²) in [5, 5.41) is 13.7. The molecule has 0 fully saturated rings. The first-order chi connectivity index (χ1) is 12.0. The number of aromatic nitrogens is 1. The zero-order chi connectivity index (χ0) is 18.0. The number of halogens is 2. The molecule has 0 atom stereocenters. The monoisotopic (exact) mass is 353 g/mol. The molecule has 0 amide bonds. The van der Waals surface area contributed by atoms with Gasteiger partial charge in [0.25, 0.3) is 0 Å². The minimum Gasteiger partial charge on any atom is -0.387 e. The lowest BCUT2D eigenvalue weighted by Gasteiger charge is -2.17. The molecule has 0 spiro atoms. The maximum atomic E-state index is 13.4. The maximum Gasteiger partial charge on any atom is 0.124 e. The average Bonchev–Trinajstić information content (AvgIpc) is 2.60. The molecular weight excluding hydrogens is 337 g/mol. The van der Waals surface area contributed by atoms with Crippen LogP contribution < -0.4 is 5.32 Å². The van der Waals surface area contributed by atoms with Crippen molar-refractivity contribution in [3.8, 4) is 0 Å². The lowest BCUT2D eigenvalue weighted by Crippen LogP contribution is -2.12. The van der Waals surface area contributed by atoms with Gasteiger partial charge in [0, 0.05) is 47.2 Å². The molecule has 3 nitrogen and oxygen atoms in total. The van der Waals surface area contributed by atoms with Crippen LogP contribution in [0.5, 0.6) is 0 Å². The van der Waals surface area contributed by atoms with Crippen LogP contribution >= 0.6 is 11.6 Å². The van der Waals surface area contributed by atoms with Crippen molar-refractivity contribution in [3.63, 3.8) is 0 Å². The fourth-order valence-electron chi connectivity index (χ4n) is 2.93. The first-order valence-electron chi connectivity index (χ1n) is 7.79. The predicted octanol–water partition coefficient (Wildman–Crippen LogP) is 5.15. The van der Waals surface area contributed by atoms with Gasteiger partial charge in [0.1, 0.15) is 5.82 Å². The molecular formula is C20H17ClFN3. The summed E-state index contributed by atoms with van der Waals surface area (Å²) in [7, 11) is 1.79. The number of hydrogen-bond donors (Lipinski definition) is 2. The molecule has 126 valence electrons. The molecule has 0 unspecified atom stereocenters. The highest BCUT2D eigenvalue weighted by atomic mass is 35.5. The molecule has 0 aliphatic rings. The van der Waals surface area contributed by atoms with E-state index >= 15 is 0 Å². The van der Waals surface area contributed by atoms with E-state index in [0.717, 1.165) is 22.0 Å². The number of nitrogens with one attached hydrogen (secondary N) is 2. The van der Waals surface area contributed by atoms with E-state index in [0.29, 0.717) is 16.8 Å².